The number of anilines is 2. The van der Waals surface area contributed by atoms with E-state index in [9.17, 15) is 21.6 Å². The summed E-state index contributed by atoms with van der Waals surface area (Å²) >= 11 is 0. The van der Waals surface area contributed by atoms with E-state index in [1.165, 1.54) is 18.2 Å². The van der Waals surface area contributed by atoms with Gasteiger partial charge in [-0.1, -0.05) is 12.1 Å². The number of rotatable bonds is 6. The van der Waals surface area contributed by atoms with Crippen LogP contribution >= 0.6 is 0 Å². The van der Waals surface area contributed by atoms with Crippen LogP contribution in [-0.4, -0.2) is 35.1 Å². The van der Waals surface area contributed by atoms with E-state index >= 15 is 0 Å². The Balaban J connectivity index is 1.97. The van der Waals surface area contributed by atoms with Gasteiger partial charge in [0.15, 0.2) is 0 Å². The maximum absolute atomic E-state index is 12.9. The first-order valence-electron chi connectivity index (χ1n) is 9.32. The van der Waals surface area contributed by atoms with E-state index in [1.807, 2.05) is 0 Å². The van der Waals surface area contributed by atoms with Gasteiger partial charge in [-0.3, -0.25) is 9.52 Å². The second-order valence-corrected chi connectivity index (χ2v) is 11.2. The number of benzene rings is 2. The van der Waals surface area contributed by atoms with Crippen LogP contribution in [0.3, 0.4) is 0 Å². The standard InChI is InChI=1S/C20H24N2O6S2/c1-5-28-17-9-7-6-8-16(17)21-30(26,27)18-11-10-15(12-14(18)2)22-19(23)20(3,4)13-29(22,24)25/h6-12,21H,5,13H2,1-4H3. The number of carbonyl (C=O) groups excluding carboxylic acids is 1. The predicted molar refractivity (Wildman–Crippen MR) is 115 cm³/mol. The van der Waals surface area contributed by atoms with E-state index in [4.69, 9.17) is 4.74 Å². The Bertz CT molecular complexity index is 1200. The molecule has 162 valence electrons. The molecule has 0 bridgehead atoms. The minimum atomic E-state index is -3.97. The van der Waals surface area contributed by atoms with Gasteiger partial charge in [-0.05, 0) is 63.6 Å². The molecule has 1 N–H and O–H groups in total. The minimum Gasteiger partial charge on any atom is -0.492 e. The number of carbonyl (C=O) groups is 1. The third-order valence-electron chi connectivity index (χ3n) is 4.70. The SMILES string of the molecule is CCOc1ccccc1NS(=O)(=O)c1ccc(N2C(=O)C(C)(C)CS2(=O)=O)cc1C. The van der Waals surface area contributed by atoms with Crippen molar-refractivity contribution in [3.05, 3.63) is 48.0 Å². The van der Waals surface area contributed by atoms with Crippen molar-refractivity contribution in [2.45, 2.75) is 32.6 Å². The number of hydrogen-bond donors (Lipinski definition) is 1. The van der Waals surface area contributed by atoms with Crippen LogP contribution in [0.4, 0.5) is 11.4 Å². The van der Waals surface area contributed by atoms with Crippen molar-refractivity contribution in [3.63, 3.8) is 0 Å². The zero-order valence-corrected chi connectivity index (χ0v) is 18.8. The number of hydrogen-bond acceptors (Lipinski definition) is 6. The van der Waals surface area contributed by atoms with Crippen LogP contribution in [0.5, 0.6) is 5.75 Å². The molecule has 1 aliphatic heterocycles. The molecule has 0 aromatic heterocycles. The molecule has 0 spiro atoms. The van der Waals surface area contributed by atoms with Crippen molar-refractivity contribution < 1.29 is 26.4 Å². The van der Waals surface area contributed by atoms with Gasteiger partial charge in [0.25, 0.3) is 10.0 Å². The fourth-order valence-corrected chi connectivity index (χ4v) is 6.75. The Labute approximate surface area is 177 Å². The summed E-state index contributed by atoms with van der Waals surface area (Å²) in [7, 11) is -7.79. The first-order valence-corrected chi connectivity index (χ1v) is 12.4. The normalized spacial score (nSPS) is 17.7. The van der Waals surface area contributed by atoms with Crippen molar-refractivity contribution in [2.24, 2.45) is 5.41 Å². The summed E-state index contributed by atoms with van der Waals surface area (Å²) < 4.78 is 59.6. The summed E-state index contributed by atoms with van der Waals surface area (Å²) in [4.78, 5) is 12.6. The van der Waals surface area contributed by atoms with Crippen molar-refractivity contribution >= 4 is 37.3 Å². The maximum Gasteiger partial charge on any atom is 0.262 e. The Morgan fingerprint density at radius 1 is 1.17 bits per heavy atom. The van der Waals surface area contributed by atoms with E-state index in [1.54, 1.807) is 52.0 Å². The number of ether oxygens (including phenoxy) is 1. The molecule has 1 aliphatic rings. The quantitative estimate of drug-likeness (QED) is 0.722. The maximum atomic E-state index is 12.9. The van der Waals surface area contributed by atoms with Gasteiger partial charge in [-0.15, -0.1) is 0 Å². The monoisotopic (exact) mass is 452 g/mol. The van der Waals surface area contributed by atoms with Crippen molar-refractivity contribution in [1.82, 2.24) is 0 Å². The minimum absolute atomic E-state index is 0.0270. The van der Waals surface area contributed by atoms with E-state index in [2.05, 4.69) is 4.72 Å². The smallest absolute Gasteiger partial charge is 0.262 e. The Morgan fingerprint density at radius 3 is 2.40 bits per heavy atom. The molecule has 8 nitrogen and oxygen atoms in total. The van der Waals surface area contributed by atoms with Crippen molar-refractivity contribution in [2.75, 3.05) is 21.4 Å². The number of aryl methyl sites for hydroxylation is 1. The lowest BCUT2D eigenvalue weighted by Crippen LogP contribution is -2.33. The van der Waals surface area contributed by atoms with Gasteiger partial charge in [-0.25, -0.2) is 21.1 Å². The average Bonchev–Trinajstić information content (AvgIpc) is 2.79. The van der Waals surface area contributed by atoms with Crippen molar-refractivity contribution in [3.8, 4) is 5.75 Å². The topological polar surface area (TPSA) is 110 Å². The Hall–Kier alpha value is -2.59. The average molecular weight is 453 g/mol. The van der Waals surface area contributed by atoms with Crippen molar-refractivity contribution in [1.29, 1.82) is 0 Å². The molecule has 3 rings (SSSR count). The first kappa shape index (κ1) is 22.1. The van der Waals surface area contributed by atoms with E-state index in [-0.39, 0.29) is 16.3 Å². The zero-order valence-electron chi connectivity index (χ0n) is 17.2. The molecule has 0 radical (unpaired) electrons. The molecular weight excluding hydrogens is 428 g/mol. The van der Waals surface area contributed by atoms with Gasteiger partial charge < -0.3 is 4.74 Å². The molecule has 0 atom stereocenters. The number of para-hydroxylation sites is 2. The van der Waals surface area contributed by atoms with Crippen LogP contribution in [0.15, 0.2) is 47.4 Å². The van der Waals surface area contributed by atoms with E-state index in [0.29, 0.717) is 23.6 Å². The lowest BCUT2D eigenvalue weighted by atomic mass is 9.95. The van der Waals surface area contributed by atoms with E-state index < -0.39 is 31.4 Å². The molecule has 0 unspecified atom stereocenters. The molecular formula is C20H24N2O6S2. The summed E-state index contributed by atoms with van der Waals surface area (Å²) in [5.74, 6) is -0.441. The highest BCUT2D eigenvalue weighted by atomic mass is 32.2. The fraction of sp³-hybridized carbons (Fsp3) is 0.350. The van der Waals surface area contributed by atoms with Crippen LogP contribution < -0.4 is 13.8 Å². The third-order valence-corrected chi connectivity index (χ3v) is 8.24. The van der Waals surface area contributed by atoms with Gasteiger partial charge in [0.1, 0.15) is 5.75 Å². The highest BCUT2D eigenvalue weighted by Gasteiger charge is 2.50. The van der Waals surface area contributed by atoms with Crippen LogP contribution in [0.25, 0.3) is 0 Å². The second kappa shape index (κ2) is 7.59. The summed E-state index contributed by atoms with van der Waals surface area (Å²) in [6.07, 6.45) is 0. The van der Waals surface area contributed by atoms with Crippen LogP contribution in [0.2, 0.25) is 0 Å². The lowest BCUT2D eigenvalue weighted by molar-refractivity contribution is -0.123. The summed E-state index contributed by atoms with van der Waals surface area (Å²) in [5.41, 5.74) is -0.317. The van der Waals surface area contributed by atoms with Crippen LogP contribution in [0, 0.1) is 12.3 Å². The number of nitrogens with zero attached hydrogens (tertiary/aromatic N) is 1. The Morgan fingerprint density at radius 2 is 1.83 bits per heavy atom. The first-order chi connectivity index (χ1) is 13.9. The lowest BCUT2D eigenvalue weighted by Gasteiger charge is -2.19. The number of sulfonamides is 2. The van der Waals surface area contributed by atoms with Gasteiger partial charge in [0.2, 0.25) is 15.9 Å². The molecule has 10 heteroatoms. The second-order valence-electron chi connectivity index (χ2n) is 7.69. The molecule has 1 saturated heterocycles. The zero-order chi connectivity index (χ0) is 22.3. The molecule has 1 fully saturated rings. The number of amides is 1. The largest absolute Gasteiger partial charge is 0.492 e. The summed E-state index contributed by atoms with van der Waals surface area (Å²) in [5, 5.41) is 0. The Kier molecular flexibility index (Phi) is 5.59. The van der Waals surface area contributed by atoms with Crippen LogP contribution in [0.1, 0.15) is 26.3 Å². The van der Waals surface area contributed by atoms with Gasteiger partial charge in [-0.2, -0.15) is 0 Å². The molecule has 2 aromatic rings. The van der Waals surface area contributed by atoms with Gasteiger partial charge in [0, 0.05) is 0 Å². The predicted octanol–water partition coefficient (Wildman–Crippen LogP) is 2.90. The van der Waals surface area contributed by atoms with Gasteiger partial charge in [0.05, 0.1) is 34.0 Å². The molecule has 2 aromatic carbocycles. The van der Waals surface area contributed by atoms with E-state index in [0.717, 1.165) is 4.31 Å². The highest BCUT2D eigenvalue weighted by molar-refractivity contribution is 7.94. The molecule has 0 saturated carbocycles. The molecule has 0 aliphatic carbocycles. The third kappa shape index (κ3) is 4.01. The van der Waals surface area contributed by atoms with Gasteiger partial charge >= 0.3 is 0 Å². The molecule has 1 amide bonds. The summed E-state index contributed by atoms with van der Waals surface area (Å²) in [6.45, 7) is 6.85. The number of nitrogens with one attached hydrogen (secondary N) is 1. The fourth-order valence-electron chi connectivity index (χ4n) is 3.35. The molecule has 30 heavy (non-hydrogen) atoms. The summed E-state index contributed by atoms with van der Waals surface area (Å²) in [6, 6.07) is 10.7. The highest BCUT2D eigenvalue weighted by Crippen LogP contribution is 2.37. The molecule has 1 heterocycles. The van der Waals surface area contributed by atoms with Crippen LogP contribution in [-0.2, 0) is 24.8 Å².